The predicted octanol–water partition coefficient (Wildman–Crippen LogP) is 2.90. The molecule has 0 bridgehead atoms. The van der Waals surface area contributed by atoms with E-state index >= 15 is 0 Å². The third kappa shape index (κ3) is 2.09. The molecule has 3 aromatic rings. The normalized spacial score (nSPS) is 10.8. The average Bonchev–Trinajstić information content (AvgIpc) is 3.03. The number of carbonyl (C=O) groups is 1. The van der Waals surface area contributed by atoms with Crippen molar-refractivity contribution in [2.75, 3.05) is 7.11 Å². The molecular formula is C12H8ClN3O2S. The van der Waals surface area contributed by atoms with Gasteiger partial charge >= 0.3 is 5.97 Å². The summed E-state index contributed by atoms with van der Waals surface area (Å²) >= 11 is 7.18. The van der Waals surface area contributed by atoms with Gasteiger partial charge in [0.15, 0.2) is 0 Å². The molecule has 0 saturated carbocycles. The quantitative estimate of drug-likeness (QED) is 0.682. The Morgan fingerprint density at radius 1 is 1.42 bits per heavy atom. The van der Waals surface area contributed by atoms with Crippen molar-refractivity contribution in [3.63, 3.8) is 0 Å². The molecule has 0 spiro atoms. The number of rotatable bonds is 2. The van der Waals surface area contributed by atoms with Gasteiger partial charge in [-0.3, -0.25) is 0 Å². The number of thiazole rings is 1. The first-order chi connectivity index (χ1) is 9.19. The lowest BCUT2D eigenvalue weighted by Crippen LogP contribution is -1.98. The molecule has 3 rings (SSSR count). The second-order valence-electron chi connectivity index (χ2n) is 3.76. The molecule has 0 unspecified atom stereocenters. The smallest absolute Gasteiger partial charge is 0.367 e. The molecule has 5 nitrogen and oxygen atoms in total. The summed E-state index contributed by atoms with van der Waals surface area (Å²) < 4.78 is 6.33. The Morgan fingerprint density at radius 2 is 2.26 bits per heavy atom. The van der Waals surface area contributed by atoms with Gasteiger partial charge in [-0.25, -0.2) is 14.3 Å². The maximum atomic E-state index is 11.4. The van der Waals surface area contributed by atoms with Crippen molar-refractivity contribution >= 4 is 34.4 Å². The van der Waals surface area contributed by atoms with Crippen LogP contribution < -0.4 is 0 Å². The number of ether oxygens (including phenoxy) is 1. The fraction of sp³-hybridized carbons (Fsp3) is 0.0833. The lowest BCUT2D eigenvalue weighted by molar-refractivity contribution is 0.0600. The van der Waals surface area contributed by atoms with Crippen molar-refractivity contribution in [2.45, 2.75) is 0 Å². The first-order valence-electron chi connectivity index (χ1n) is 5.36. The van der Waals surface area contributed by atoms with Gasteiger partial charge in [-0.05, 0) is 12.1 Å². The molecule has 0 radical (unpaired) electrons. The van der Waals surface area contributed by atoms with Crippen molar-refractivity contribution in [1.82, 2.24) is 14.6 Å². The summed E-state index contributed by atoms with van der Waals surface area (Å²) in [6, 6.07) is 3.67. The summed E-state index contributed by atoms with van der Waals surface area (Å²) in [5.74, 6) is -0.434. The van der Waals surface area contributed by atoms with Gasteiger partial charge in [-0.15, -0.1) is 11.3 Å². The molecule has 19 heavy (non-hydrogen) atoms. The molecular weight excluding hydrogens is 286 g/mol. The summed E-state index contributed by atoms with van der Waals surface area (Å²) in [5, 5.41) is 5.16. The number of hydrogen-bond acceptors (Lipinski definition) is 5. The maximum absolute atomic E-state index is 11.4. The van der Waals surface area contributed by atoms with E-state index in [1.54, 1.807) is 29.2 Å². The molecule has 96 valence electrons. The van der Waals surface area contributed by atoms with Crippen LogP contribution in [-0.4, -0.2) is 27.7 Å². The molecule has 0 aliphatic rings. The number of nitrogens with zero attached hydrogens (tertiary/aromatic N) is 3. The van der Waals surface area contributed by atoms with Gasteiger partial charge in [0.25, 0.3) is 0 Å². The van der Waals surface area contributed by atoms with Crippen molar-refractivity contribution in [3.05, 3.63) is 40.8 Å². The van der Waals surface area contributed by atoms with Crippen LogP contribution in [0.1, 0.15) is 9.80 Å². The second kappa shape index (κ2) is 4.64. The van der Waals surface area contributed by atoms with Crippen LogP contribution in [0.25, 0.3) is 16.0 Å². The topological polar surface area (TPSA) is 56.5 Å². The fourth-order valence-electron chi connectivity index (χ4n) is 1.73. The molecule has 0 aliphatic carbocycles. The Labute approximate surface area is 117 Å². The highest BCUT2D eigenvalue weighted by Gasteiger charge is 2.14. The Balaban J connectivity index is 2.09. The number of pyridine rings is 1. The fourth-order valence-corrected chi connectivity index (χ4v) is 2.74. The van der Waals surface area contributed by atoms with Crippen LogP contribution in [0, 0.1) is 0 Å². The van der Waals surface area contributed by atoms with Crippen LogP contribution in [0.4, 0.5) is 0 Å². The third-order valence-corrected chi connectivity index (χ3v) is 3.85. The average molecular weight is 294 g/mol. The van der Waals surface area contributed by atoms with E-state index in [2.05, 4.69) is 14.8 Å². The largest absolute Gasteiger partial charge is 0.464 e. The molecule has 3 heterocycles. The van der Waals surface area contributed by atoms with E-state index in [9.17, 15) is 4.79 Å². The number of carbonyl (C=O) groups excluding carboxylic acids is 1. The Bertz CT molecular complexity index is 765. The van der Waals surface area contributed by atoms with Crippen molar-refractivity contribution in [2.24, 2.45) is 0 Å². The molecule has 0 aliphatic heterocycles. The van der Waals surface area contributed by atoms with Gasteiger partial charge < -0.3 is 4.74 Å². The molecule has 7 heteroatoms. The molecule has 0 fully saturated rings. The van der Waals surface area contributed by atoms with Crippen LogP contribution in [0.15, 0.2) is 30.7 Å². The Hall–Kier alpha value is -1.92. The Morgan fingerprint density at radius 3 is 3.05 bits per heavy atom. The summed E-state index contributed by atoms with van der Waals surface area (Å²) in [5.41, 5.74) is 1.81. The zero-order valence-corrected chi connectivity index (χ0v) is 11.4. The van der Waals surface area contributed by atoms with Crippen LogP contribution in [0.2, 0.25) is 5.02 Å². The third-order valence-electron chi connectivity index (χ3n) is 2.61. The number of esters is 1. The van der Waals surface area contributed by atoms with Crippen LogP contribution in [0.5, 0.6) is 0 Å². The second-order valence-corrected chi connectivity index (χ2v) is 5.22. The minimum atomic E-state index is -0.434. The molecule has 0 aromatic carbocycles. The van der Waals surface area contributed by atoms with E-state index in [1.165, 1.54) is 18.4 Å². The summed E-state index contributed by atoms with van der Waals surface area (Å²) in [7, 11) is 1.33. The van der Waals surface area contributed by atoms with Gasteiger partial charge in [0.1, 0.15) is 0 Å². The lowest BCUT2D eigenvalue weighted by Gasteiger charge is -1.96. The van der Waals surface area contributed by atoms with Gasteiger partial charge in [-0.2, -0.15) is 5.10 Å². The minimum Gasteiger partial charge on any atom is -0.464 e. The van der Waals surface area contributed by atoms with Crippen molar-refractivity contribution in [1.29, 1.82) is 0 Å². The van der Waals surface area contributed by atoms with Crippen molar-refractivity contribution in [3.8, 4) is 10.4 Å². The van der Waals surface area contributed by atoms with Gasteiger partial charge in [-0.1, -0.05) is 11.6 Å². The molecule has 0 atom stereocenters. The zero-order chi connectivity index (χ0) is 13.4. The number of fused-ring (bicyclic) bond motifs is 1. The molecule has 0 amide bonds. The van der Waals surface area contributed by atoms with E-state index < -0.39 is 5.97 Å². The first kappa shape index (κ1) is 12.1. The van der Waals surface area contributed by atoms with E-state index in [4.69, 9.17) is 11.6 Å². The lowest BCUT2D eigenvalue weighted by atomic mass is 10.2. The molecule has 0 saturated heterocycles. The van der Waals surface area contributed by atoms with E-state index in [1.807, 2.05) is 6.07 Å². The number of methoxy groups -OCH3 is 1. The minimum absolute atomic E-state index is 0.325. The predicted molar refractivity (Wildman–Crippen MR) is 72.6 cm³/mol. The standard InChI is InChI=1S/C12H8ClN3O2S/c1-18-12(17)11-14-5-10(19-11)8-4-15-16-6-7(13)2-3-9(8)16/h2-6H,1H3. The van der Waals surface area contributed by atoms with E-state index in [-0.39, 0.29) is 0 Å². The van der Waals surface area contributed by atoms with Crippen molar-refractivity contribution < 1.29 is 9.53 Å². The number of halogens is 1. The highest BCUT2D eigenvalue weighted by Crippen LogP contribution is 2.30. The summed E-state index contributed by atoms with van der Waals surface area (Å²) in [4.78, 5) is 16.3. The zero-order valence-electron chi connectivity index (χ0n) is 9.83. The summed E-state index contributed by atoms with van der Waals surface area (Å²) in [6.45, 7) is 0. The number of aromatic nitrogens is 3. The summed E-state index contributed by atoms with van der Waals surface area (Å²) in [6.07, 6.45) is 5.09. The van der Waals surface area contributed by atoms with Gasteiger partial charge in [0, 0.05) is 18.0 Å². The van der Waals surface area contributed by atoms with Gasteiger partial charge in [0.2, 0.25) is 5.01 Å². The molecule has 0 N–H and O–H groups in total. The van der Waals surface area contributed by atoms with Gasteiger partial charge in [0.05, 0.1) is 28.7 Å². The van der Waals surface area contributed by atoms with E-state index in [0.29, 0.717) is 10.0 Å². The highest BCUT2D eigenvalue weighted by atomic mass is 35.5. The van der Waals surface area contributed by atoms with E-state index in [0.717, 1.165) is 16.0 Å². The maximum Gasteiger partial charge on any atom is 0.367 e. The Kier molecular flexibility index (Phi) is 2.96. The first-order valence-corrected chi connectivity index (χ1v) is 6.56. The molecule has 3 aromatic heterocycles. The van der Waals surface area contributed by atoms with Crippen LogP contribution >= 0.6 is 22.9 Å². The highest BCUT2D eigenvalue weighted by molar-refractivity contribution is 7.17. The monoisotopic (exact) mass is 293 g/mol. The number of hydrogen-bond donors (Lipinski definition) is 0. The van der Waals surface area contributed by atoms with Crippen LogP contribution in [0.3, 0.4) is 0 Å². The SMILES string of the molecule is COC(=O)c1ncc(-c2cnn3cc(Cl)ccc23)s1. The van der Waals surface area contributed by atoms with Crippen LogP contribution in [-0.2, 0) is 4.74 Å².